The zero-order valence-corrected chi connectivity index (χ0v) is 15.4. The van der Waals surface area contributed by atoms with E-state index in [0.29, 0.717) is 6.54 Å². The van der Waals surface area contributed by atoms with Gasteiger partial charge in [-0.05, 0) is 38.7 Å². The van der Waals surface area contributed by atoms with E-state index in [-0.39, 0.29) is 12.0 Å². The highest BCUT2D eigenvalue weighted by Gasteiger charge is 2.31. The summed E-state index contributed by atoms with van der Waals surface area (Å²) in [5, 5.41) is 17.7. The Morgan fingerprint density at radius 3 is 2.62 bits per heavy atom. The van der Waals surface area contributed by atoms with E-state index in [2.05, 4.69) is 36.0 Å². The Hall–Kier alpha value is -1.99. The molecule has 4 heterocycles. The van der Waals surface area contributed by atoms with Gasteiger partial charge < -0.3 is 10.0 Å². The lowest BCUT2D eigenvalue weighted by Crippen LogP contribution is -2.31. The Kier molecular flexibility index (Phi) is 5.17. The number of aromatic nitrogens is 4. The van der Waals surface area contributed by atoms with Crippen molar-refractivity contribution in [2.24, 2.45) is 5.92 Å². The van der Waals surface area contributed by atoms with E-state index in [9.17, 15) is 5.11 Å². The molecule has 140 valence electrons. The molecule has 4 rings (SSSR count). The Labute approximate surface area is 154 Å². The van der Waals surface area contributed by atoms with Crippen molar-refractivity contribution in [2.45, 2.75) is 45.3 Å². The van der Waals surface area contributed by atoms with E-state index < -0.39 is 0 Å². The van der Waals surface area contributed by atoms with E-state index in [4.69, 9.17) is 0 Å². The van der Waals surface area contributed by atoms with E-state index in [1.165, 1.54) is 19.3 Å². The van der Waals surface area contributed by atoms with Crippen LogP contribution in [-0.2, 0) is 13.0 Å². The largest absolute Gasteiger partial charge is 0.391 e. The maximum atomic E-state index is 10.4. The van der Waals surface area contributed by atoms with Crippen molar-refractivity contribution in [1.82, 2.24) is 25.1 Å². The molecule has 0 unspecified atom stereocenters. The van der Waals surface area contributed by atoms with E-state index in [1.807, 2.05) is 19.3 Å². The van der Waals surface area contributed by atoms with Crippen molar-refractivity contribution in [1.29, 1.82) is 0 Å². The lowest BCUT2D eigenvalue weighted by Gasteiger charge is -2.26. The molecule has 2 aliphatic heterocycles. The number of aliphatic hydroxyl groups is 1. The molecule has 0 saturated carbocycles. The molecule has 2 atom stereocenters. The van der Waals surface area contributed by atoms with Gasteiger partial charge in [-0.15, -0.1) is 0 Å². The van der Waals surface area contributed by atoms with E-state index in [1.54, 1.807) is 0 Å². The molecule has 26 heavy (non-hydrogen) atoms. The molecule has 2 N–H and O–H groups in total. The Bertz CT molecular complexity index is 709. The number of H-pyrrole nitrogens is 1. The number of nitrogens with one attached hydrogen (secondary N) is 1. The number of β-amino-alcohol motifs (C(OH)–C–C–N with tert-alkyl or cyclic N) is 1. The van der Waals surface area contributed by atoms with Crippen molar-refractivity contribution in [3.05, 3.63) is 35.4 Å². The van der Waals surface area contributed by atoms with Gasteiger partial charge in [-0.2, -0.15) is 5.10 Å². The average molecular weight is 356 g/mol. The molecular formula is C19H28N6O. The average Bonchev–Trinajstić information content (AvgIpc) is 3.22. The van der Waals surface area contributed by atoms with Crippen LogP contribution in [0.5, 0.6) is 0 Å². The molecular weight excluding hydrogens is 328 g/mol. The summed E-state index contributed by atoms with van der Waals surface area (Å²) in [5.74, 6) is 1.08. The summed E-state index contributed by atoms with van der Waals surface area (Å²) in [6, 6.07) is 2.06. The fourth-order valence-corrected chi connectivity index (χ4v) is 4.06. The van der Waals surface area contributed by atoms with Crippen LogP contribution in [0.4, 0.5) is 5.95 Å². The van der Waals surface area contributed by atoms with Crippen molar-refractivity contribution >= 4 is 5.95 Å². The van der Waals surface area contributed by atoms with Gasteiger partial charge in [-0.3, -0.25) is 10.00 Å². The van der Waals surface area contributed by atoms with Crippen LogP contribution in [0, 0.1) is 12.8 Å². The number of anilines is 1. The fourth-order valence-electron chi connectivity index (χ4n) is 4.06. The van der Waals surface area contributed by atoms with E-state index in [0.717, 1.165) is 55.5 Å². The lowest BCUT2D eigenvalue weighted by molar-refractivity contribution is 0.140. The maximum absolute atomic E-state index is 10.4. The number of aromatic amines is 1. The molecule has 2 aromatic heterocycles. The number of aryl methyl sites for hydroxylation is 1. The van der Waals surface area contributed by atoms with Crippen LogP contribution in [0.15, 0.2) is 18.5 Å². The second-order valence-electron chi connectivity index (χ2n) is 7.71. The highest BCUT2D eigenvalue weighted by atomic mass is 16.3. The first-order valence-corrected chi connectivity index (χ1v) is 9.64. The molecule has 0 spiro atoms. The van der Waals surface area contributed by atoms with Crippen LogP contribution in [0.3, 0.4) is 0 Å². The van der Waals surface area contributed by atoms with Crippen LogP contribution in [0.1, 0.15) is 36.2 Å². The van der Waals surface area contributed by atoms with Gasteiger partial charge >= 0.3 is 0 Å². The number of likely N-dealkylation sites (tertiary alicyclic amines) is 1. The topological polar surface area (TPSA) is 81.2 Å². The first kappa shape index (κ1) is 17.4. The Balaban J connectivity index is 1.32. The summed E-state index contributed by atoms with van der Waals surface area (Å²) in [7, 11) is 0. The smallest absolute Gasteiger partial charge is 0.225 e. The fraction of sp³-hybridized carbons (Fsp3) is 0.632. The van der Waals surface area contributed by atoms with Crippen LogP contribution >= 0.6 is 0 Å². The molecule has 7 nitrogen and oxygen atoms in total. The summed E-state index contributed by atoms with van der Waals surface area (Å²) in [4.78, 5) is 13.7. The second-order valence-corrected chi connectivity index (χ2v) is 7.71. The van der Waals surface area contributed by atoms with Gasteiger partial charge in [0.1, 0.15) is 0 Å². The lowest BCUT2D eigenvalue weighted by atomic mass is 10.0. The molecule has 2 saturated heterocycles. The third-order valence-electron chi connectivity index (χ3n) is 5.45. The summed E-state index contributed by atoms with van der Waals surface area (Å²) >= 11 is 0. The maximum Gasteiger partial charge on any atom is 0.225 e. The van der Waals surface area contributed by atoms with Crippen molar-refractivity contribution in [3.63, 3.8) is 0 Å². The number of aliphatic hydroxyl groups excluding tert-OH is 1. The van der Waals surface area contributed by atoms with Crippen molar-refractivity contribution in [3.8, 4) is 0 Å². The number of nitrogens with zero attached hydrogens (tertiary/aromatic N) is 5. The molecule has 0 radical (unpaired) electrons. The molecule has 0 amide bonds. The van der Waals surface area contributed by atoms with Crippen LogP contribution in [0.25, 0.3) is 0 Å². The summed E-state index contributed by atoms with van der Waals surface area (Å²) in [5.41, 5.74) is 3.20. The number of hydrogen-bond acceptors (Lipinski definition) is 6. The quantitative estimate of drug-likeness (QED) is 0.846. The highest BCUT2D eigenvalue weighted by Crippen LogP contribution is 2.23. The van der Waals surface area contributed by atoms with E-state index >= 15 is 0 Å². The first-order chi connectivity index (χ1) is 12.7. The molecule has 2 fully saturated rings. The van der Waals surface area contributed by atoms with Gasteiger partial charge in [-0.25, -0.2) is 9.97 Å². The molecule has 2 aliphatic rings. The monoisotopic (exact) mass is 356 g/mol. The third-order valence-corrected chi connectivity index (χ3v) is 5.45. The summed E-state index contributed by atoms with van der Waals surface area (Å²) < 4.78 is 0. The predicted molar refractivity (Wildman–Crippen MR) is 99.9 cm³/mol. The highest BCUT2D eigenvalue weighted by molar-refractivity contribution is 5.30. The summed E-state index contributed by atoms with van der Waals surface area (Å²) in [6.07, 6.45) is 8.15. The first-order valence-electron chi connectivity index (χ1n) is 9.64. The van der Waals surface area contributed by atoms with Gasteiger partial charge in [0.05, 0.1) is 11.8 Å². The van der Waals surface area contributed by atoms with Gasteiger partial charge in [-0.1, -0.05) is 0 Å². The molecule has 7 heteroatoms. The standard InChI is InChI=1S/C19H28N6O/c1-14-7-17(23-22-14)8-16-12-24(13-18(16)26)11-15-9-20-19(21-10-15)25-5-3-2-4-6-25/h7,9-10,16,18,26H,2-6,8,11-13H2,1H3,(H,22,23)/t16-,18-/m1/s1. The van der Waals surface area contributed by atoms with Gasteiger partial charge in [0.15, 0.2) is 0 Å². The minimum absolute atomic E-state index is 0.228. The summed E-state index contributed by atoms with van der Waals surface area (Å²) in [6.45, 7) is 6.48. The van der Waals surface area contributed by atoms with Crippen LogP contribution in [0.2, 0.25) is 0 Å². The second kappa shape index (κ2) is 7.72. The zero-order chi connectivity index (χ0) is 17.9. The number of rotatable bonds is 5. The van der Waals surface area contributed by atoms with Crippen LogP contribution in [-0.4, -0.2) is 62.5 Å². The third kappa shape index (κ3) is 4.04. The normalized spacial score (nSPS) is 24.3. The zero-order valence-electron chi connectivity index (χ0n) is 15.4. The minimum Gasteiger partial charge on any atom is -0.391 e. The molecule has 0 aromatic carbocycles. The molecule has 0 aliphatic carbocycles. The van der Waals surface area contributed by atoms with Crippen LogP contribution < -0.4 is 4.90 Å². The minimum atomic E-state index is -0.305. The molecule has 2 aromatic rings. The predicted octanol–water partition coefficient (Wildman–Crippen LogP) is 1.53. The Morgan fingerprint density at radius 2 is 1.92 bits per heavy atom. The van der Waals surface area contributed by atoms with Crippen molar-refractivity contribution < 1.29 is 5.11 Å². The van der Waals surface area contributed by atoms with Gasteiger partial charge in [0.25, 0.3) is 0 Å². The Morgan fingerprint density at radius 1 is 1.15 bits per heavy atom. The molecule has 0 bridgehead atoms. The number of piperidine rings is 1. The SMILES string of the molecule is Cc1cc(C[C@@H]2CN(Cc3cnc(N4CCCCC4)nc3)C[C@H]2O)n[nH]1. The number of hydrogen-bond donors (Lipinski definition) is 2. The van der Waals surface area contributed by atoms with Gasteiger partial charge in [0, 0.05) is 62.3 Å². The van der Waals surface area contributed by atoms with Crippen molar-refractivity contribution in [2.75, 3.05) is 31.1 Å². The van der Waals surface area contributed by atoms with Gasteiger partial charge in [0.2, 0.25) is 5.95 Å².